The zero-order chi connectivity index (χ0) is 29.4. The molecule has 0 radical (unpaired) electrons. The lowest BCUT2D eigenvalue weighted by molar-refractivity contribution is -0.119. The minimum absolute atomic E-state index is 0.0680. The fraction of sp³-hybridized carbons (Fsp3) is 0.290. The Hall–Kier alpha value is -4.70. The molecule has 0 aliphatic rings. The van der Waals surface area contributed by atoms with Crippen molar-refractivity contribution >= 4 is 29.3 Å². The van der Waals surface area contributed by atoms with Crippen LogP contribution in [0.15, 0.2) is 60.8 Å². The molecule has 0 aliphatic heterocycles. The summed E-state index contributed by atoms with van der Waals surface area (Å²) in [5.74, 6) is 1.77. The number of aryl methyl sites for hydroxylation is 2. The molecule has 3 N–H and O–H groups in total. The Morgan fingerprint density at radius 1 is 0.927 bits per heavy atom. The highest BCUT2D eigenvalue weighted by molar-refractivity contribution is 6.00. The van der Waals surface area contributed by atoms with E-state index in [0.717, 1.165) is 47.3 Å². The van der Waals surface area contributed by atoms with Crippen LogP contribution in [-0.4, -0.2) is 40.4 Å². The van der Waals surface area contributed by atoms with Gasteiger partial charge < -0.3 is 20.1 Å². The number of hydrogen-bond acceptors (Lipinski definition) is 6. The molecule has 3 amide bonds. The summed E-state index contributed by atoms with van der Waals surface area (Å²) >= 11 is 0. The number of carbonyl (C=O) groups excluding carboxylic acids is 2. The number of methoxy groups -OCH3 is 1. The van der Waals surface area contributed by atoms with Crippen molar-refractivity contribution in [2.24, 2.45) is 0 Å². The first-order valence-corrected chi connectivity index (χ1v) is 13.5. The molecule has 4 aromatic rings. The predicted octanol–water partition coefficient (Wildman–Crippen LogP) is 6.56. The van der Waals surface area contributed by atoms with Crippen LogP contribution in [0, 0.1) is 20.8 Å². The Kier molecular flexibility index (Phi) is 9.70. The van der Waals surface area contributed by atoms with Crippen LogP contribution in [0.1, 0.15) is 42.1 Å². The van der Waals surface area contributed by atoms with Crippen molar-refractivity contribution in [3.8, 4) is 17.2 Å². The van der Waals surface area contributed by atoms with E-state index in [1.165, 1.54) is 7.11 Å². The van der Waals surface area contributed by atoms with Crippen LogP contribution < -0.4 is 20.7 Å². The van der Waals surface area contributed by atoms with Crippen molar-refractivity contribution in [1.29, 1.82) is 0 Å². The van der Waals surface area contributed by atoms with Gasteiger partial charge in [0.15, 0.2) is 0 Å². The van der Waals surface area contributed by atoms with Crippen LogP contribution >= 0.6 is 0 Å². The van der Waals surface area contributed by atoms with Crippen LogP contribution in [0.4, 0.5) is 22.1 Å². The number of hydrogen-bond donors (Lipinski definition) is 3. The largest absolute Gasteiger partial charge is 0.457 e. The average molecular weight is 557 g/mol. The molecule has 214 valence electrons. The van der Waals surface area contributed by atoms with E-state index in [2.05, 4.69) is 27.9 Å². The Labute approximate surface area is 240 Å². The monoisotopic (exact) mass is 556 g/mol. The van der Waals surface area contributed by atoms with Crippen LogP contribution in [0.2, 0.25) is 0 Å². The maximum Gasteiger partial charge on any atom is 0.324 e. The van der Waals surface area contributed by atoms with Gasteiger partial charge in [-0.05, 0) is 75.1 Å². The molecule has 0 fully saturated rings. The maximum absolute atomic E-state index is 13.1. The van der Waals surface area contributed by atoms with Crippen molar-refractivity contribution < 1.29 is 19.1 Å². The lowest BCUT2D eigenvalue weighted by atomic mass is 10.1. The number of aromatic nitrogens is 3. The van der Waals surface area contributed by atoms with Crippen LogP contribution in [0.5, 0.6) is 11.5 Å². The van der Waals surface area contributed by atoms with E-state index in [1.54, 1.807) is 35.1 Å². The quantitative estimate of drug-likeness (QED) is 0.193. The molecule has 0 aliphatic carbocycles. The number of nitrogens with one attached hydrogen (secondary N) is 3. The summed E-state index contributed by atoms with van der Waals surface area (Å²) in [6.07, 6.45) is 4.47. The fourth-order valence-corrected chi connectivity index (χ4v) is 4.17. The summed E-state index contributed by atoms with van der Waals surface area (Å²) in [4.78, 5) is 29.1. The van der Waals surface area contributed by atoms with Crippen molar-refractivity contribution in [1.82, 2.24) is 14.8 Å². The Bertz CT molecular complexity index is 1510. The zero-order valence-corrected chi connectivity index (χ0v) is 24.1. The number of anilines is 3. The average Bonchev–Trinajstić information content (AvgIpc) is 3.34. The first kappa shape index (κ1) is 29.3. The zero-order valence-electron chi connectivity index (χ0n) is 24.1. The number of ether oxygens (including phenoxy) is 2. The van der Waals surface area contributed by atoms with Gasteiger partial charge in [0.25, 0.3) is 5.91 Å². The van der Waals surface area contributed by atoms with Gasteiger partial charge in [0.1, 0.15) is 29.7 Å². The molecule has 2 heterocycles. The topological polar surface area (TPSA) is 119 Å². The third-order valence-corrected chi connectivity index (χ3v) is 6.55. The Balaban J connectivity index is 1.48. The van der Waals surface area contributed by atoms with Gasteiger partial charge in [0.05, 0.1) is 11.4 Å². The molecule has 0 atom stereocenters. The fourth-order valence-electron chi connectivity index (χ4n) is 4.17. The number of pyridine rings is 1. The van der Waals surface area contributed by atoms with Crippen LogP contribution in [0.25, 0.3) is 5.69 Å². The standard InChI is InChI=1S/C31H36N6O4/c1-6-7-8-23-17-29(37(36-23)24-11-9-20(2)10-12-24)35-31(39)33-26-13-14-27(22(4)21(26)3)41-25-15-16-32-28(18-25)34-30(38)19-40-5/h9-18H,6-8,19H2,1-5H3,(H,32,34,38)(H2,33,35,39). The second-order valence-electron chi connectivity index (χ2n) is 9.77. The summed E-state index contributed by atoms with van der Waals surface area (Å²) in [5.41, 5.74) is 5.32. The number of carbonyl (C=O) groups is 2. The van der Waals surface area contributed by atoms with Gasteiger partial charge in [-0.25, -0.2) is 14.5 Å². The second-order valence-corrected chi connectivity index (χ2v) is 9.77. The molecule has 0 bridgehead atoms. The molecule has 10 nitrogen and oxygen atoms in total. The van der Waals surface area contributed by atoms with Gasteiger partial charge >= 0.3 is 6.03 Å². The molecule has 0 spiro atoms. The third kappa shape index (κ3) is 7.70. The number of nitrogens with zero attached hydrogens (tertiary/aromatic N) is 3. The van der Waals surface area contributed by atoms with Gasteiger partial charge in [0, 0.05) is 31.1 Å². The molecule has 0 unspecified atom stereocenters. The van der Waals surface area contributed by atoms with Crippen molar-refractivity contribution in [3.63, 3.8) is 0 Å². The van der Waals surface area contributed by atoms with Crippen molar-refractivity contribution in [3.05, 3.63) is 83.2 Å². The number of unbranched alkanes of at least 4 members (excludes halogenated alkanes) is 1. The highest BCUT2D eigenvalue weighted by atomic mass is 16.5. The van der Waals surface area contributed by atoms with E-state index in [9.17, 15) is 9.59 Å². The normalized spacial score (nSPS) is 10.8. The van der Waals surface area contributed by atoms with Gasteiger partial charge in [-0.2, -0.15) is 5.10 Å². The van der Waals surface area contributed by atoms with E-state index < -0.39 is 0 Å². The molecule has 2 aromatic carbocycles. The van der Waals surface area contributed by atoms with Crippen LogP contribution in [-0.2, 0) is 16.0 Å². The number of rotatable bonds is 11. The molecule has 4 rings (SSSR count). The van der Waals surface area contributed by atoms with Crippen molar-refractivity contribution in [2.75, 3.05) is 29.7 Å². The molecular formula is C31H36N6O4. The smallest absolute Gasteiger partial charge is 0.324 e. The Morgan fingerprint density at radius 3 is 2.44 bits per heavy atom. The number of urea groups is 1. The molecule has 2 aromatic heterocycles. The molecular weight excluding hydrogens is 520 g/mol. The molecule has 0 saturated carbocycles. The Morgan fingerprint density at radius 2 is 1.71 bits per heavy atom. The second kappa shape index (κ2) is 13.6. The first-order chi connectivity index (χ1) is 19.8. The van der Waals surface area contributed by atoms with Crippen LogP contribution in [0.3, 0.4) is 0 Å². The van der Waals surface area contributed by atoms with Gasteiger partial charge in [-0.1, -0.05) is 31.0 Å². The minimum atomic E-state index is -0.373. The third-order valence-electron chi connectivity index (χ3n) is 6.55. The molecule has 10 heteroatoms. The summed E-state index contributed by atoms with van der Waals surface area (Å²) in [7, 11) is 1.45. The van der Waals surface area contributed by atoms with Gasteiger partial charge in [-0.3, -0.25) is 10.1 Å². The van der Waals surface area contributed by atoms with E-state index in [-0.39, 0.29) is 18.5 Å². The maximum atomic E-state index is 13.1. The minimum Gasteiger partial charge on any atom is -0.457 e. The molecule has 0 saturated heterocycles. The summed E-state index contributed by atoms with van der Waals surface area (Å²) in [5, 5.41) is 13.3. The van der Waals surface area contributed by atoms with Gasteiger partial charge in [-0.15, -0.1) is 0 Å². The highest BCUT2D eigenvalue weighted by Gasteiger charge is 2.15. The highest BCUT2D eigenvalue weighted by Crippen LogP contribution is 2.32. The number of benzene rings is 2. The van der Waals surface area contributed by atoms with E-state index >= 15 is 0 Å². The van der Waals surface area contributed by atoms with Gasteiger partial charge in [0.2, 0.25) is 0 Å². The summed E-state index contributed by atoms with van der Waals surface area (Å²) < 4.78 is 12.7. The number of amides is 3. The summed E-state index contributed by atoms with van der Waals surface area (Å²) in [6.45, 7) is 7.94. The summed E-state index contributed by atoms with van der Waals surface area (Å²) in [6, 6.07) is 16.5. The molecule has 41 heavy (non-hydrogen) atoms. The van der Waals surface area contributed by atoms with E-state index in [1.807, 2.05) is 51.1 Å². The van der Waals surface area contributed by atoms with E-state index in [4.69, 9.17) is 14.6 Å². The lowest BCUT2D eigenvalue weighted by Crippen LogP contribution is -2.22. The SMILES string of the molecule is CCCCc1cc(NC(=O)Nc2ccc(Oc3ccnc(NC(=O)COC)c3)c(C)c2C)n(-c2ccc(C)cc2)n1. The lowest BCUT2D eigenvalue weighted by Gasteiger charge is -2.16. The van der Waals surface area contributed by atoms with E-state index in [0.29, 0.717) is 28.8 Å². The predicted molar refractivity (Wildman–Crippen MR) is 160 cm³/mol. The first-order valence-electron chi connectivity index (χ1n) is 13.5. The van der Waals surface area contributed by atoms with Crippen molar-refractivity contribution in [2.45, 2.75) is 47.0 Å².